The third-order valence-electron chi connectivity index (χ3n) is 2.69. The van der Waals surface area contributed by atoms with Crippen molar-refractivity contribution in [3.8, 4) is 5.75 Å². The van der Waals surface area contributed by atoms with Gasteiger partial charge in [-0.05, 0) is 30.2 Å². The predicted octanol–water partition coefficient (Wildman–Crippen LogP) is 1.51. The number of likely N-dealkylation sites (N-methyl/N-ethyl adjacent to an activating group) is 1. The first kappa shape index (κ1) is 17.5. The van der Waals surface area contributed by atoms with Crippen LogP contribution < -0.4 is 4.74 Å². The summed E-state index contributed by atoms with van der Waals surface area (Å²) in [6.45, 7) is 4.29. The van der Waals surface area contributed by atoms with E-state index in [9.17, 15) is 13.2 Å². The quantitative estimate of drug-likeness (QED) is 0.713. The lowest BCUT2D eigenvalue weighted by Gasteiger charge is -2.16. The van der Waals surface area contributed by atoms with Gasteiger partial charge in [-0.25, -0.2) is 8.42 Å². The molecule has 0 aromatic heterocycles. The van der Waals surface area contributed by atoms with Crippen LogP contribution in [0.2, 0.25) is 0 Å². The molecule has 0 saturated heterocycles. The zero-order chi connectivity index (χ0) is 16.0. The molecule has 0 atom stereocenters. The number of hydrogen-bond donors (Lipinski definition) is 0. The Hall–Kier alpha value is -1.60. The van der Waals surface area contributed by atoms with E-state index in [0.29, 0.717) is 18.3 Å². The fraction of sp³-hybridized carbons (Fsp3) is 0.500. The number of hydrogen-bond acceptors (Lipinski definition) is 5. The number of carbonyl (C=O) groups is 1. The summed E-state index contributed by atoms with van der Waals surface area (Å²) in [4.78, 5) is 11.3. The average molecular weight is 315 g/mol. The third-order valence-corrected chi connectivity index (χ3v) is 4.51. The number of rotatable bonds is 7. The van der Waals surface area contributed by atoms with Crippen LogP contribution in [0.4, 0.5) is 0 Å². The maximum absolute atomic E-state index is 12.2. The molecule has 1 aromatic carbocycles. The van der Waals surface area contributed by atoms with Crippen LogP contribution in [0.5, 0.6) is 5.75 Å². The standard InChI is InChI=1S/C14H21NO5S/c1-11(2)10-20-12-5-7-13(8-6-12)21(17,18)15(3)9-14(16)19-4/h5-8,11H,9-10H2,1-4H3. The molecule has 21 heavy (non-hydrogen) atoms. The van der Waals surface area contributed by atoms with E-state index in [1.54, 1.807) is 12.1 Å². The lowest BCUT2D eigenvalue weighted by Crippen LogP contribution is -2.32. The summed E-state index contributed by atoms with van der Waals surface area (Å²) >= 11 is 0. The largest absolute Gasteiger partial charge is 0.493 e. The Morgan fingerprint density at radius 3 is 2.29 bits per heavy atom. The van der Waals surface area contributed by atoms with E-state index in [-0.39, 0.29) is 11.4 Å². The van der Waals surface area contributed by atoms with Gasteiger partial charge in [0.2, 0.25) is 10.0 Å². The molecule has 0 amide bonds. The Kier molecular flexibility index (Phi) is 6.17. The van der Waals surface area contributed by atoms with Crippen molar-refractivity contribution in [3.05, 3.63) is 24.3 Å². The van der Waals surface area contributed by atoms with Crippen LogP contribution in [0.1, 0.15) is 13.8 Å². The van der Waals surface area contributed by atoms with Gasteiger partial charge in [0, 0.05) is 7.05 Å². The highest BCUT2D eigenvalue weighted by Crippen LogP contribution is 2.19. The van der Waals surface area contributed by atoms with Crippen LogP contribution >= 0.6 is 0 Å². The maximum atomic E-state index is 12.2. The molecule has 1 rings (SSSR count). The van der Waals surface area contributed by atoms with E-state index < -0.39 is 16.0 Å². The monoisotopic (exact) mass is 315 g/mol. The second-order valence-corrected chi connectivity index (χ2v) is 7.06. The number of ether oxygens (including phenoxy) is 2. The Morgan fingerprint density at radius 2 is 1.81 bits per heavy atom. The number of esters is 1. The van der Waals surface area contributed by atoms with Crippen molar-refractivity contribution >= 4 is 16.0 Å². The molecule has 0 unspecified atom stereocenters. The summed E-state index contributed by atoms with van der Waals surface area (Å²) in [5.41, 5.74) is 0. The fourth-order valence-corrected chi connectivity index (χ4v) is 2.60. The van der Waals surface area contributed by atoms with Crippen LogP contribution in [0.3, 0.4) is 0 Å². The van der Waals surface area contributed by atoms with Gasteiger partial charge >= 0.3 is 5.97 Å². The molecule has 0 radical (unpaired) electrons. The molecule has 7 heteroatoms. The normalized spacial score (nSPS) is 11.7. The molecule has 0 spiro atoms. The first-order valence-corrected chi connectivity index (χ1v) is 7.97. The van der Waals surface area contributed by atoms with Crippen molar-refractivity contribution in [1.82, 2.24) is 4.31 Å². The van der Waals surface area contributed by atoms with E-state index >= 15 is 0 Å². The molecule has 0 fully saturated rings. The first-order valence-electron chi connectivity index (χ1n) is 6.53. The lowest BCUT2D eigenvalue weighted by molar-refractivity contribution is -0.140. The van der Waals surface area contributed by atoms with E-state index in [1.165, 1.54) is 26.3 Å². The molecule has 0 bridgehead atoms. The molecule has 6 nitrogen and oxygen atoms in total. The number of methoxy groups -OCH3 is 1. The third kappa shape index (κ3) is 5.02. The van der Waals surface area contributed by atoms with E-state index in [4.69, 9.17) is 4.74 Å². The Morgan fingerprint density at radius 1 is 1.24 bits per heavy atom. The van der Waals surface area contributed by atoms with Crippen molar-refractivity contribution in [2.24, 2.45) is 5.92 Å². The Bertz CT molecular complexity index is 566. The Labute approximate surface area is 125 Å². The summed E-state index contributed by atoms with van der Waals surface area (Å²) in [5.74, 6) is 0.385. The lowest BCUT2D eigenvalue weighted by atomic mass is 10.2. The van der Waals surface area contributed by atoms with Gasteiger partial charge in [0.25, 0.3) is 0 Å². The van der Waals surface area contributed by atoms with Gasteiger partial charge in [0.1, 0.15) is 12.3 Å². The number of sulfonamides is 1. The van der Waals surface area contributed by atoms with Gasteiger partial charge < -0.3 is 9.47 Å². The van der Waals surface area contributed by atoms with Gasteiger partial charge in [0.15, 0.2) is 0 Å². The van der Waals surface area contributed by atoms with Gasteiger partial charge in [-0.15, -0.1) is 0 Å². The van der Waals surface area contributed by atoms with E-state index in [2.05, 4.69) is 4.74 Å². The van der Waals surface area contributed by atoms with Crippen molar-refractivity contribution < 1.29 is 22.7 Å². The van der Waals surface area contributed by atoms with Crippen molar-refractivity contribution in [3.63, 3.8) is 0 Å². The maximum Gasteiger partial charge on any atom is 0.321 e. The van der Waals surface area contributed by atoms with Gasteiger partial charge in [-0.1, -0.05) is 13.8 Å². The molecule has 0 aliphatic carbocycles. The van der Waals surface area contributed by atoms with Crippen molar-refractivity contribution in [2.45, 2.75) is 18.7 Å². The summed E-state index contributed by atoms with van der Waals surface area (Å²) in [6.07, 6.45) is 0. The fourth-order valence-electron chi connectivity index (χ4n) is 1.48. The van der Waals surface area contributed by atoms with Crippen LogP contribution in [-0.2, 0) is 19.6 Å². The molecule has 0 N–H and O–H groups in total. The zero-order valence-electron chi connectivity index (χ0n) is 12.7. The van der Waals surface area contributed by atoms with Gasteiger partial charge in [-0.2, -0.15) is 4.31 Å². The zero-order valence-corrected chi connectivity index (χ0v) is 13.5. The van der Waals surface area contributed by atoms with Gasteiger partial charge in [0.05, 0.1) is 18.6 Å². The molecule has 1 aromatic rings. The predicted molar refractivity (Wildman–Crippen MR) is 78.6 cm³/mol. The highest BCUT2D eigenvalue weighted by Gasteiger charge is 2.23. The van der Waals surface area contributed by atoms with Crippen LogP contribution in [0.25, 0.3) is 0 Å². The number of carbonyl (C=O) groups excluding carboxylic acids is 1. The van der Waals surface area contributed by atoms with Crippen LogP contribution in [0.15, 0.2) is 29.2 Å². The highest BCUT2D eigenvalue weighted by molar-refractivity contribution is 7.89. The van der Waals surface area contributed by atoms with E-state index in [0.717, 1.165) is 4.31 Å². The minimum absolute atomic E-state index is 0.103. The van der Waals surface area contributed by atoms with Gasteiger partial charge in [-0.3, -0.25) is 4.79 Å². The molecule has 0 heterocycles. The molecule has 118 valence electrons. The molecule has 0 aliphatic heterocycles. The summed E-state index contributed by atoms with van der Waals surface area (Å²) in [5, 5.41) is 0. The molecular formula is C14H21NO5S. The number of benzene rings is 1. The average Bonchev–Trinajstić information content (AvgIpc) is 2.45. The first-order chi connectivity index (χ1) is 9.77. The van der Waals surface area contributed by atoms with Crippen molar-refractivity contribution in [1.29, 1.82) is 0 Å². The smallest absolute Gasteiger partial charge is 0.321 e. The molecular weight excluding hydrogens is 294 g/mol. The highest BCUT2D eigenvalue weighted by atomic mass is 32.2. The summed E-state index contributed by atoms with van der Waals surface area (Å²) < 4.78 is 35.4. The number of nitrogens with zero attached hydrogens (tertiary/aromatic N) is 1. The summed E-state index contributed by atoms with van der Waals surface area (Å²) in [7, 11) is -1.17. The van der Waals surface area contributed by atoms with E-state index in [1.807, 2.05) is 13.8 Å². The Balaban J connectivity index is 2.82. The molecule has 0 saturated carbocycles. The minimum atomic E-state index is -3.72. The SMILES string of the molecule is COC(=O)CN(C)S(=O)(=O)c1ccc(OCC(C)C)cc1. The minimum Gasteiger partial charge on any atom is -0.493 e. The summed E-state index contributed by atoms with van der Waals surface area (Å²) in [6, 6.07) is 6.11. The van der Waals surface area contributed by atoms with Crippen molar-refractivity contribution in [2.75, 3.05) is 27.3 Å². The van der Waals surface area contributed by atoms with Crippen LogP contribution in [-0.4, -0.2) is 46.0 Å². The molecule has 0 aliphatic rings. The topological polar surface area (TPSA) is 72.9 Å². The van der Waals surface area contributed by atoms with Crippen LogP contribution in [0, 0.1) is 5.92 Å². The second-order valence-electron chi connectivity index (χ2n) is 5.01. The second kappa shape index (κ2) is 7.42.